The van der Waals surface area contributed by atoms with Crippen LogP contribution in [-0.2, 0) is 23.2 Å². The fraction of sp³-hybridized carbons (Fsp3) is 0.500. The lowest BCUT2D eigenvalue weighted by atomic mass is 10.5. The Morgan fingerprint density at radius 1 is 1.50 bits per heavy atom. The second-order valence-corrected chi connectivity index (χ2v) is 4.78. The monoisotopic (exact) mass is 246 g/mol. The number of hydrogen-bond donors (Lipinski definition) is 0. The second-order valence-electron chi connectivity index (χ2n) is 3.25. The molecule has 0 aliphatic heterocycles. The van der Waals surface area contributed by atoms with Gasteiger partial charge in [-0.15, -0.1) is 0 Å². The molecule has 1 aromatic rings. The Bertz CT molecular complexity index is 423. The first-order chi connectivity index (χ1) is 7.01. The topological polar surface area (TPSA) is 66.0 Å². The molecule has 92 valence electrons. The molecule has 0 aromatic carbocycles. The predicted molar refractivity (Wildman–Crippen MR) is 60.7 cm³/mol. The van der Waals surface area contributed by atoms with Gasteiger partial charge in [0.1, 0.15) is 18.9 Å². The van der Waals surface area contributed by atoms with Crippen LogP contribution in [-0.4, -0.2) is 23.3 Å². The molecule has 0 spiro atoms. The van der Waals surface area contributed by atoms with E-state index in [9.17, 15) is 13.0 Å². The molecule has 0 N–H and O–H groups in total. The minimum atomic E-state index is -4.08. The summed E-state index contributed by atoms with van der Waals surface area (Å²) in [6, 6.07) is 0. The number of aryl methyl sites for hydroxylation is 1. The summed E-state index contributed by atoms with van der Waals surface area (Å²) < 4.78 is 34.8. The van der Waals surface area contributed by atoms with Crippen LogP contribution in [0.4, 0.5) is 0 Å². The van der Waals surface area contributed by atoms with Gasteiger partial charge in [-0.25, -0.2) is 17.6 Å². The van der Waals surface area contributed by atoms with Crippen molar-refractivity contribution >= 4 is 10.1 Å². The van der Waals surface area contributed by atoms with Gasteiger partial charge in [0.15, 0.2) is 0 Å². The van der Waals surface area contributed by atoms with Crippen LogP contribution in [0.3, 0.4) is 0 Å². The highest BCUT2D eigenvalue weighted by atomic mass is 32.2. The summed E-state index contributed by atoms with van der Waals surface area (Å²) >= 11 is 0. The van der Waals surface area contributed by atoms with Gasteiger partial charge in [-0.2, -0.15) is 0 Å². The number of hydrogen-bond acceptors (Lipinski definition) is 3. The zero-order chi connectivity index (χ0) is 11.3. The van der Waals surface area contributed by atoms with Crippen molar-refractivity contribution < 1.29 is 17.5 Å². The Morgan fingerprint density at radius 2 is 2.19 bits per heavy atom. The van der Waals surface area contributed by atoms with E-state index in [2.05, 4.69) is 6.58 Å². The van der Waals surface area contributed by atoms with Crippen LogP contribution in [0.15, 0.2) is 31.4 Å². The molecular weight excluding hydrogens is 228 g/mol. The van der Waals surface area contributed by atoms with Crippen molar-refractivity contribution in [1.82, 2.24) is 4.57 Å². The fourth-order valence-corrected chi connectivity index (χ4v) is 1.73. The van der Waals surface area contributed by atoms with E-state index in [1.165, 1.54) is 0 Å². The summed E-state index contributed by atoms with van der Waals surface area (Å²) in [6.45, 7) is 4.86. The highest BCUT2D eigenvalue weighted by Gasteiger charge is 2.03. The van der Waals surface area contributed by atoms with Crippen LogP contribution in [0.2, 0.25) is 0 Å². The second kappa shape index (κ2) is 6.44. The smallest absolute Gasteiger partial charge is 0.244 e. The molecule has 0 radical (unpaired) electrons. The van der Waals surface area contributed by atoms with E-state index >= 15 is 0 Å². The minimum absolute atomic E-state index is 0. The largest absolute Gasteiger partial charge is 0.748 e. The molecule has 0 saturated heterocycles. The Kier molecular flexibility index (Phi) is 5.98. The summed E-state index contributed by atoms with van der Waals surface area (Å²) in [5, 5.41) is 0. The van der Waals surface area contributed by atoms with Crippen molar-refractivity contribution in [2.75, 3.05) is 5.75 Å². The van der Waals surface area contributed by atoms with E-state index in [1.807, 2.05) is 27.9 Å². The van der Waals surface area contributed by atoms with Gasteiger partial charge in [-0.1, -0.05) is 20.1 Å². The first-order valence-corrected chi connectivity index (χ1v) is 6.18. The molecule has 0 atom stereocenters. The average Bonchev–Trinajstić information content (AvgIpc) is 2.51. The van der Waals surface area contributed by atoms with Crippen LogP contribution < -0.4 is 4.57 Å². The van der Waals surface area contributed by atoms with Crippen LogP contribution in [0, 0.1) is 0 Å². The predicted octanol–water partition coefficient (Wildman–Crippen LogP) is 0.533. The lowest BCUT2D eigenvalue weighted by Gasteiger charge is -2.03. The molecule has 1 heterocycles. The Hall–Kier alpha value is -1.14. The summed E-state index contributed by atoms with van der Waals surface area (Å²) in [5.74, 6) is -0.313. The maximum absolute atomic E-state index is 10.3. The van der Waals surface area contributed by atoms with Gasteiger partial charge in [-0.3, -0.25) is 0 Å². The normalized spacial score (nSPS) is 10.8. The minimum Gasteiger partial charge on any atom is -0.748 e. The molecule has 0 fully saturated rings. The van der Waals surface area contributed by atoms with Crippen LogP contribution in [0.1, 0.15) is 13.8 Å². The number of rotatable bonds is 6. The molecule has 0 aliphatic rings. The summed E-state index contributed by atoms with van der Waals surface area (Å²) in [5.41, 5.74) is 0. The van der Waals surface area contributed by atoms with Gasteiger partial charge in [0.2, 0.25) is 6.33 Å². The van der Waals surface area contributed by atoms with Gasteiger partial charge in [0.25, 0.3) is 0 Å². The molecule has 5 nitrogen and oxygen atoms in total. The standard InChI is InChI=1S/C9H14N2O3S.CH4/c1-2-4-10-6-7-11(9-10)5-3-8-15(12,13)14;/h2,6-7,9H,1,3-5,8H2;1H4. The number of aromatic nitrogens is 2. The molecule has 6 heteroatoms. The number of nitrogens with zero attached hydrogens (tertiary/aromatic N) is 2. The zero-order valence-corrected chi connectivity index (χ0v) is 9.19. The third-order valence-electron chi connectivity index (χ3n) is 1.90. The SMILES string of the molecule is C.C=CCn1cc[n+](CCCS(=O)(=O)[O-])c1. The number of imidazole rings is 1. The molecule has 0 unspecified atom stereocenters. The summed E-state index contributed by atoms with van der Waals surface area (Å²) in [4.78, 5) is 0. The first kappa shape index (κ1) is 14.9. The van der Waals surface area contributed by atoms with E-state index in [0.29, 0.717) is 19.5 Å². The Morgan fingerprint density at radius 3 is 2.75 bits per heavy atom. The fourth-order valence-electron chi connectivity index (χ4n) is 1.25. The molecule has 0 bridgehead atoms. The van der Waals surface area contributed by atoms with E-state index in [-0.39, 0.29) is 13.2 Å². The maximum Gasteiger partial charge on any atom is 0.244 e. The number of allylic oxidation sites excluding steroid dienone is 1. The van der Waals surface area contributed by atoms with Gasteiger partial charge in [0.05, 0.1) is 16.7 Å². The van der Waals surface area contributed by atoms with Gasteiger partial charge < -0.3 is 4.55 Å². The van der Waals surface area contributed by atoms with E-state index in [0.717, 1.165) is 0 Å². The van der Waals surface area contributed by atoms with E-state index < -0.39 is 10.1 Å². The van der Waals surface area contributed by atoms with Crippen molar-refractivity contribution in [2.45, 2.75) is 26.9 Å². The first-order valence-electron chi connectivity index (χ1n) is 4.60. The maximum atomic E-state index is 10.3. The van der Waals surface area contributed by atoms with Crippen molar-refractivity contribution in [3.8, 4) is 0 Å². The lowest BCUT2D eigenvalue weighted by molar-refractivity contribution is -0.696. The molecule has 0 saturated carbocycles. The van der Waals surface area contributed by atoms with Crippen LogP contribution >= 0.6 is 0 Å². The van der Waals surface area contributed by atoms with E-state index in [4.69, 9.17) is 0 Å². The Balaban J connectivity index is 0.00000225. The molecule has 1 rings (SSSR count). The van der Waals surface area contributed by atoms with E-state index in [1.54, 1.807) is 6.08 Å². The molecule has 16 heavy (non-hydrogen) atoms. The highest BCUT2D eigenvalue weighted by molar-refractivity contribution is 7.85. The summed E-state index contributed by atoms with van der Waals surface area (Å²) in [7, 11) is -4.08. The zero-order valence-electron chi connectivity index (χ0n) is 8.37. The molecule has 0 aliphatic carbocycles. The van der Waals surface area contributed by atoms with Crippen molar-refractivity contribution in [1.29, 1.82) is 0 Å². The van der Waals surface area contributed by atoms with Gasteiger partial charge in [-0.05, 0) is 6.42 Å². The highest BCUT2D eigenvalue weighted by Crippen LogP contribution is 1.90. The van der Waals surface area contributed by atoms with Crippen molar-refractivity contribution in [3.05, 3.63) is 31.4 Å². The van der Waals surface area contributed by atoms with Crippen LogP contribution in [0.25, 0.3) is 0 Å². The summed E-state index contributed by atoms with van der Waals surface area (Å²) in [6.07, 6.45) is 7.66. The average molecular weight is 246 g/mol. The van der Waals surface area contributed by atoms with Gasteiger partial charge in [0, 0.05) is 5.75 Å². The third kappa shape index (κ3) is 5.67. The molecule has 0 amide bonds. The van der Waals surface area contributed by atoms with Gasteiger partial charge >= 0.3 is 0 Å². The lowest BCUT2D eigenvalue weighted by Crippen LogP contribution is -2.32. The molecule has 1 aromatic heterocycles. The van der Waals surface area contributed by atoms with Crippen molar-refractivity contribution in [3.63, 3.8) is 0 Å². The van der Waals surface area contributed by atoms with Crippen molar-refractivity contribution in [2.24, 2.45) is 0 Å². The Labute approximate surface area is 96.8 Å². The quantitative estimate of drug-likeness (QED) is 0.418. The third-order valence-corrected chi connectivity index (χ3v) is 2.69. The molecular formula is C10H18N2O3S. The van der Waals surface area contributed by atoms with Crippen LogP contribution in [0.5, 0.6) is 0 Å².